The van der Waals surface area contributed by atoms with Gasteiger partial charge in [0.05, 0.1) is 6.54 Å². The summed E-state index contributed by atoms with van der Waals surface area (Å²) in [6.45, 7) is 2.61. The van der Waals surface area contributed by atoms with Crippen molar-refractivity contribution in [2.75, 3.05) is 13.1 Å². The Morgan fingerprint density at radius 2 is 2.24 bits per heavy atom. The molecule has 0 saturated heterocycles. The van der Waals surface area contributed by atoms with E-state index in [0.29, 0.717) is 13.1 Å². The van der Waals surface area contributed by atoms with Crippen molar-refractivity contribution in [1.29, 1.82) is 0 Å². The van der Waals surface area contributed by atoms with E-state index in [9.17, 15) is 8.42 Å². The number of thiophene rings is 1. The molecule has 0 bridgehead atoms. The number of rotatable bonds is 5. The van der Waals surface area contributed by atoms with Crippen molar-refractivity contribution in [3.8, 4) is 11.8 Å². The molecule has 94 valence electrons. The Bertz CT molecular complexity index is 511. The first kappa shape index (κ1) is 14.2. The van der Waals surface area contributed by atoms with Crippen molar-refractivity contribution in [3.63, 3.8) is 0 Å². The lowest BCUT2D eigenvalue weighted by Crippen LogP contribution is -2.35. The van der Waals surface area contributed by atoms with E-state index >= 15 is 0 Å². The summed E-state index contributed by atoms with van der Waals surface area (Å²) in [5, 5.41) is 1.87. The van der Waals surface area contributed by atoms with E-state index in [1.807, 2.05) is 11.4 Å². The quantitative estimate of drug-likeness (QED) is 0.660. The van der Waals surface area contributed by atoms with E-state index in [1.165, 1.54) is 11.3 Å². The smallest absolute Gasteiger partial charge is 0.277 e. The van der Waals surface area contributed by atoms with E-state index in [4.69, 9.17) is 5.73 Å². The molecule has 0 radical (unpaired) electrons. The fraction of sp³-hybridized carbons (Fsp3) is 0.400. The molecule has 0 spiro atoms. The fourth-order valence-corrected chi connectivity index (χ4v) is 2.81. The maximum absolute atomic E-state index is 11.4. The molecule has 1 aromatic heterocycles. The van der Waals surface area contributed by atoms with Crippen LogP contribution in [0.3, 0.4) is 0 Å². The van der Waals surface area contributed by atoms with Gasteiger partial charge in [0.15, 0.2) is 0 Å². The van der Waals surface area contributed by atoms with E-state index < -0.39 is 10.2 Å². The van der Waals surface area contributed by atoms with Crippen molar-refractivity contribution in [2.24, 2.45) is 5.73 Å². The highest BCUT2D eigenvalue weighted by atomic mass is 32.2. The molecule has 0 atom stereocenters. The lowest BCUT2D eigenvalue weighted by atomic mass is 10.2. The Morgan fingerprint density at radius 3 is 2.88 bits per heavy atom. The highest BCUT2D eigenvalue weighted by molar-refractivity contribution is 7.87. The van der Waals surface area contributed by atoms with Gasteiger partial charge < -0.3 is 5.73 Å². The molecule has 7 heteroatoms. The number of hydrogen-bond acceptors (Lipinski definition) is 4. The van der Waals surface area contributed by atoms with Gasteiger partial charge >= 0.3 is 0 Å². The van der Waals surface area contributed by atoms with Crippen LogP contribution in [0.4, 0.5) is 0 Å². The van der Waals surface area contributed by atoms with Crippen LogP contribution in [-0.4, -0.2) is 21.5 Å². The Labute approximate surface area is 106 Å². The van der Waals surface area contributed by atoms with Crippen molar-refractivity contribution >= 4 is 21.5 Å². The van der Waals surface area contributed by atoms with Crippen LogP contribution in [0.2, 0.25) is 0 Å². The van der Waals surface area contributed by atoms with Crippen LogP contribution in [0, 0.1) is 11.8 Å². The van der Waals surface area contributed by atoms with Crippen molar-refractivity contribution in [1.82, 2.24) is 9.44 Å². The molecule has 0 aliphatic carbocycles. The third-order valence-corrected chi connectivity index (χ3v) is 3.94. The Balaban J connectivity index is 2.67. The zero-order chi connectivity index (χ0) is 12.7. The highest BCUT2D eigenvalue weighted by Gasteiger charge is 2.09. The van der Waals surface area contributed by atoms with E-state index in [0.717, 1.165) is 10.4 Å². The molecule has 0 aliphatic heterocycles. The Kier molecular flexibility index (Phi) is 5.61. The van der Waals surface area contributed by atoms with Gasteiger partial charge in [-0.05, 0) is 11.4 Å². The molecule has 0 fully saturated rings. The summed E-state index contributed by atoms with van der Waals surface area (Å²) in [6.07, 6.45) is 0. The second-order valence-electron chi connectivity index (χ2n) is 3.09. The zero-order valence-electron chi connectivity index (χ0n) is 9.49. The molecular weight excluding hydrogens is 258 g/mol. The Hall–Kier alpha value is -0.910. The van der Waals surface area contributed by atoms with Gasteiger partial charge in [-0.2, -0.15) is 13.1 Å². The molecule has 0 unspecified atom stereocenters. The van der Waals surface area contributed by atoms with Gasteiger partial charge in [-0.15, -0.1) is 11.3 Å². The average molecular weight is 273 g/mol. The van der Waals surface area contributed by atoms with Gasteiger partial charge in [-0.25, -0.2) is 4.72 Å². The second-order valence-corrected chi connectivity index (χ2v) is 5.67. The summed E-state index contributed by atoms with van der Waals surface area (Å²) in [5.41, 5.74) is 6.11. The molecule has 1 aromatic rings. The summed E-state index contributed by atoms with van der Waals surface area (Å²) < 4.78 is 27.6. The van der Waals surface area contributed by atoms with E-state index in [-0.39, 0.29) is 6.54 Å². The molecular formula is C10H15N3O2S2. The van der Waals surface area contributed by atoms with Crippen LogP contribution in [0.25, 0.3) is 0 Å². The zero-order valence-corrected chi connectivity index (χ0v) is 11.1. The normalized spacial score (nSPS) is 10.9. The minimum Gasteiger partial charge on any atom is -0.320 e. The maximum Gasteiger partial charge on any atom is 0.277 e. The van der Waals surface area contributed by atoms with Crippen molar-refractivity contribution in [2.45, 2.75) is 13.5 Å². The Morgan fingerprint density at radius 1 is 1.47 bits per heavy atom. The summed E-state index contributed by atoms with van der Waals surface area (Å²) in [6, 6.07) is 1.85. The molecule has 17 heavy (non-hydrogen) atoms. The van der Waals surface area contributed by atoms with Crippen LogP contribution in [0.15, 0.2) is 11.4 Å². The lowest BCUT2D eigenvalue weighted by molar-refractivity contribution is 0.569. The van der Waals surface area contributed by atoms with Crippen LogP contribution < -0.4 is 15.2 Å². The SMILES string of the molecule is CCNS(=O)(=O)NCc1sccc1C#CCN. The van der Waals surface area contributed by atoms with Crippen LogP contribution in [0.1, 0.15) is 17.4 Å². The minimum atomic E-state index is -3.41. The predicted molar refractivity (Wildman–Crippen MR) is 69.7 cm³/mol. The monoisotopic (exact) mass is 273 g/mol. The first-order valence-corrected chi connectivity index (χ1v) is 7.45. The third-order valence-electron chi connectivity index (χ3n) is 1.83. The first-order valence-electron chi connectivity index (χ1n) is 5.08. The molecule has 0 aromatic carbocycles. The van der Waals surface area contributed by atoms with Crippen LogP contribution >= 0.6 is 11.3 Å². The molecule has 4 N–H and O–H groups in total. The standard InChI is InChI=1S/C10H15N3O2S2/c1-2-12-17(14,15)13-8-10-9(4-3-6-11)5-7-16-10/h5,7,12-13H,2,6,8,11H2,1H3. The average Bonchev–Trinajstić information content (AvgIpc) is 2.71. The molecule has 0 saturated carbocycles. The first-order chi connectivity index (χ1) is 8.09. The van der Waals surface area contributed by atoms with Gasteiger partial charge in [0.2, 0.25) is 0 Å². The van der Waals surface area contributed by atoms with Crippen LogP contribution in [-0.2, 0) is 16.8 Å². The summed E-state index contributed by atoms with van der Waals surface area (Å²) in [5.74, 6) is 5.65. The van der Waals surface area contributed by atoms with Gasteiger partial charge in [0, 0.05) is 23.5 Å². The summed E-state index contributed by atoms with van der Waals surface area (Å²) >= 11 is 1.46. The van der Waals surface area contributed by atoms with Gasteiger partial charge in [0.25, 0.3) is 10.2 Å². The molecule has 5 nitrogen and oxygen atoms in total. The number of hydrogen-bond donors (Lipinski definition) is 3. The van der Waals surface area contributed by atoms with Crippen molar-refractivity contribution < 1.29 is 8.42 Å². The summed E-state index contributed by atoms with van der Waals surface area (Å²) in [7, 11) is -3.41. The third kappa shape index (κ3) is 4.85. The van der Waals surface area contributed by atoms with Crippen molar-refractivity contribution in [3.05, 3.63) is 21.9 Å². The van der Waals surface area contributed by atoms with Crippen LogP contribution in [0.5, 0.6) is 0 Å². The number of nitrogens with two attached hydrogens (primary N) is 1. The van der Waals surface area contributed by atoms with Gasteiger partial charge in [-0.3, -0.25) is 0 Å². The summed E-state index contributed by atoms with van der Waals surface area (Å²) in [4.78, 5) is 0.882. The van der Waals surface area contributed by atoms with E-state index in [2.05, 4.69) is 21.3 Å². The molecule has 1 rings (SSSR count). The highest BCUT2D eigenvalue weighted by Crippen LogP contribution is 2.15. The maximum atomic E-state index is 11.4. The minimum absolute atomic E-state index is 0.238. The largest absolute Gasteiger partial charge is 0.320 e. The fourth-order valence-electron chi connectivity index (χ4n) is 1.14. The molecule has 0 aliphatic rings. The number of nitrogens with one attached hydrogen (secondary N) is 2. The van der Waals surface area contributed by atoms with Gasteiger partial charge in [-0.1, -0.05) is 18.8 Å². The second kappa shape index (κ2) is 6.74. The molecule has 1 heterocycles. The van der Waals surface area contributed by atoms with E-state index in [1.54, 1.807) is 6.92 Å². The predicted octanol–water partition coefficient (Wildman–Crippen LogP) is 0.00220. The molecule has 0 amide bonds. The topological polar surface area (TPSA) is 84.2 Å². The van der Waals surface area contributed by atoms with Gasteiger partial charge in [0.1, 0.15) is 0 Å². The lowest BCUT2D eigenvalue weighted by Gasteiger charge is -2.05.